The lowest BCUT2D eigenvalue weighted by Crippen LogP contribution is -2.29. The van der Waals surface area contributed by atoms with Crippen molar-refractivity contribution in [2.45, 2.75) is 24.7 Å². The van der Waals surface area contributed by atoms with Crippen molar-refractivity contribution in [2.75, 3.05) is 13.6 Å². The minimum Gasteiger partial charge on any atom is -0.207 e. The highest BCUT2D eigenvalue weighted by atomic mass is 32.2. The van der Waals surface area contributed by atoms with Crippen molar-refractivity contribution >= 4 is 10.0 Å². The van der Waals surface area contributed by atoms with Crippen LogP contribution < -0.4 is 0 Å². The summed E-state index contributed by atoms with van der Waals surface area (Å²) in [5.41, 5.74) is 1.21. The lowest BCUT2D eigenvalue weighted by Gasteiger charge is -2.17. The van der Waals surface area contributed by atoms with Crippen molar-refractivity contribution < 1.29 is 8.42 Å². The fourth-order valence-electron chi connectivity index (χ4n) is 1.86. The summed E-state index contributed by atoms with van der Waals surface area (Å²) >= 11 is 0. The highest BCUT2D eigenvalue weighted by Crippen LogP contribution is 2.31. The van der Waals surface area contributed by atoms with E-state index >= 15 is 0 Å². The minimum absolute atomic E-state index is 0.266. The Kier molecular flexibility index (Phi) is 3.42. The van der Waals surface area contributed by atoms with Gasteiger partial charge in [-0.25, -0.2) is 12.7 Å². The molecule has 0 aromatic heterocycles. The summed E-state index contributed by atoms with van der Waals surface area (Å²) in [4.78, 5) is 0.266. The van der Waals surface area contributed by atoms with Crippen LogP contribution in [0.15, 0.2) is 23.1 Å². The first-order valence-corrected chi connectivity index (χ1v) is 7.36. The van der Waals surface area contributed by atoms with Crippen LogP contribution in [0.5, 0.6) is 0 Å². The van der Waals surface area contributed by atoms with Crippen LogP contribution in [-0.4, -0.2) is 26.3 Å². The van der Waals surface area contributed by atoms with Gasteiger partial charge >= 0.3 is 0 Å². The lowest BCUT2D eigenvalue weighted by atomic mass is 10.1. The van der Waals surface area contributed by atoms with E-state index in [9.17, 15) is 8.42 Å². The first-order valence-electron chi connectivity index (χ1n) is 5.92. The molecular weight excluding hydrogens is 248 g/mol. The molecule has 1 aliphatic rings. The number of nitrogens with zero attached hydrogens (tertiary/aromatic N) is 2. The lowest BCUT2D eigenvalue weighted by molar-refractivity contribution is 0.453. The Labute approximate surface area is 108 Å². The summed E-state index contributed by atoms with van der Waals surface area (Å²) in [6.45, 7) is 2.33. The third kappa shape index (κ3) is 2.55. The Morgan fingerprint density at radius 1 is 1.44 bits per heavy atom. The fourth-order valence-corrected chi connectivity index (χ4v) is 3.20. The molecule has 0 aliphatic heterocycles. The van der Waals surface area contributed by atoms with Crippen LogP contribution in [0.1, 0.15) is 24.0 Å². The van der Waals surface area contributed by atoms with Gasteiger partial charge in [0, 0.05) is 13.6 Å². The molecule has 0 N–H and O–H groups in total. The average Bonchev–Trinajstić information content (AvgIpc) is 3.12. The van der Waals surface area contributed by atoms with Crippen LogP contribution >= 0.6 is 0 Å². The number of sulfonamides is 1. The number of nitriles is 1. The number of rotatable bonds is 4. The van der Waals surface area contributed by atoms with Gasteiger partial charge < -0.3 is 0 Å². The van der Waals surface area contributed by atoms with Gasteiger partial charge in [0.25, 0.3) is 0 Å². The van der Waals surface area contributed by atoms with Gasteiger partial charge in [-0.05, 0) is 49.4 Å². The van der Waals surface area contributed by atoms with E-state index in [-0.39, 0.29) is 4.90 Å². The Bertz CT molecular complexity index is 598. The zero-order valence-corrected chi connectivity index (χ0v) is 11.4. The van der Waals surface area contributed by atoms with Gasteiger partial charge in [-0.1, -0.05) is 0 Å². The maximum absolute atomic E-state index is 12.3. The van der Waals surface area contributed by atoms with Gasteiger partial charge in [0.05, 0.1) is 16.5 Å². The smallest absolute Gasteiger partial charge is 0.207 e. The van der Waals surface area contributed by atoms with E-state index in [4.69, 9.17) is 5.26 Å². The number of benzene rings is 1. The second-order valence-corrected chi connectivity index (χ2v) is 6.86. The Morgan fingerprint density at radius 2 is 2.11 bits per heavy atom. The number of hydrogen-bond donors (Lipinski definition) is 0. The van der Waals surface area contributed by atoms with Crippen LogP contribution in [0.2, 0.25) is 0 Å². The van der Waals surface area contributed by atoms with Gasteiger partial charge in [0.1, 0.15) is 0 Å². The van der Waals surface area contributed by atoms with Crippen molar-refractivity contribution in [2.24, 2.45) is 5.92 Å². The van der Waals surface area contributed by atoms with Crippen LogP contribution in [-0.2, 0) is 10.0 Å². The molecule has 5 heteroatoms. The van der Waals surface area contributed by atoms with E-state index in [0.29, 0.717) is 23.6 Å². The zero-order chi connectivity index (χ0) is 13.3. The molecule has 0 unspecified atom stereocenters. The average molecular weight is 264 g/mol. The van der Waals surface area contributed by atoms with Crippen LogP contribution in [0.4, 0.5) is 0 Å². The third-order valence-electron chi connectivity index (χ3n) is 3.24. The molecule has 2 rings (SSSR count). The molecule has 1 fully saturated rings. The fraction of sp³-hybridized carbons (Fsp3) is 0.462. The normalized spacial score (nSPS) is 15.7. The monoisotopic (exact) mass is 264 g/mol. The highest BCUT2D eigenvalue weighted by Gasteiger charge is 2.29. The molecule has 0 saturated heterocycles. The van der Waals surface area contributed by atoms with E-state index in [1.54, 1.807) is 26.1 Å². The summed E-state index contributed by atoms with van der Waals surface area (Å²) < 4.78 is 26.0. The van der Waals surface area contributed by atoms with E-state index in [1.165, 1.54) is 10.4 Å². The highest BCUT2D eigenvalue weighted by molar-refractivity contribution is 7.89. The van der Waals surface area contributed by atoms with Crippen molar-refractivity contribution in [1.29, 1.82) is 5.26 Å². The van der Waals surface area contributed by atoms with Crippen LogP contribution in [0, 0.1) is 24.2 Å². The Balaban J connectivity index is 2.29. The first-order chi connectivity index (χ1) is 8.45. The van der Waals surface area contributed by atoms with Crippen molar-refractivity contribution in [3.63, 3.8) is 0 Å². The van der Waals surface area contributed by atoms with E-state index in [0.717, 1.165) is 12.8 Å². The molecule has 0 spiro atoms. The van der Waals surface area contributed by atoms with Crippen molar-refractivity contribution in [1.82, 2.24) is 4.31 Å². The molecule has 0 atom stereocenters. The molecule has 0 heterocycles. The molecule has 1 aliphatic carbocycles. The SMILES string of the molecule is Cc1cc(S(=O)(=O)N(C)CC2CC2)ccc1C#N. The van der Waals surface area contributed by atoms with Gasteiger partial charge in [-0.15, -0.1) is 0 Å². The zero-order valence-electron chi connectivity index (χ0n) is 10.5. The summed E-state index contributed by atoms with van der Waals surface area (Å²) in [6.07, 6.45) is 2.23. The molecule has 96 valence electrons. The maximum atomic E-state index is 12.3. The van der Waals surface area contributed by atoms with E-state index < -0.39 is 10.0 Å². The van der Waals surface area contributed by atoms with Crippen molar-refractivity contribution in [3.8, 4) is 6.07 Å². The van der Waals surface area contributed by atoms with E-state index in [1.807, 2.05) is 6.07 Å². The predicted molar refractivity (Wildman–Crippen MR) is 68.4 cm³/mol. The predicted octanol–water partition coefficient (Wildman–Crippen LogP) is 1.90. The molecular formula is C13H16N2O2S. The summed E-state index contributed by atoms with van der Waals surface area (Å²) in [7, 11) is -1.81. The topological polar surface area (TPSA) is 61.2 Å². The molecule has 4 nitrogen and oxygen atoms in total. The van der Waals surface area contributed by atoms with Gasteiger partial charge in [-0.3, -0.25) is 0 Å². The molecule has 1 aromatic rings. The van der Waals surface area contributed by atoms with Crippen LogP contribution in [0.3, 0.4) is 0 Å². The molecule has 1 aromatic carbocycles. The third-order valence-corrected chi connectivity index (χ3v) is 5.06. The standard InChI is InChI=1S/C13H16N2O2S/c1-10-7-13(6-5-12(10)8-14)18(16,17)15(2)9-11-3-4-11/h5-7,11H,3-4,9H2,1-2H3. The quantitative estimate of drug-likeness (QED) is 0.834. The summed E-state index contributed by atoms with van der Waals surface area (Å²) in [6, 6.07) is 6.67. The summed E-state index contributed by atoms with van der Waals surface area (Å²) in [5, 5.41) is 8.84. The number of hydrogen-bond acceptors (Lipinski definition) is 3. The molecule has 0 bridgehead atoms. The molecule has 18 heavy (non-hydrogen) atoms. The molecule has 0 radical (unpaired) electrons. The van der Waals surface area contributed by atoms with Crippen LogP contribution in [0.25, 0.3) is 0 Å². The van der Waals surface area contributed by atoms with Gasteiger partial charge in [0.15, 0.2) is 0 Å². The second-order valence-electron chi connectivity index (χ2n) is 4.82. The minimum atomic E-state index is -3.42. The maximum Gasteiger partial charge on any atom is 0.242 e. The Hall–Kier alpha value is -1.38. The largest absolute Gasteiger partial charge is 0.242 e. The second kappa shape index (κ2) is 4.71. The van der Waals surface area contributed by atoms with Gasteiger partial charge in [-0.2, -0.15) is 5.26 Å². The first kappa shape index (κ1) is 13.1. The number of aryl methyl sites for hydroxylation is 1. The van der Waals surface area contributed by atoms with Crippen molar-refractivity contribution in [3.05, 3.63) is 29.3 Å². The summed E-state index contributed by atoms with van der Waals surface area (Å²) in [5.74, 6) is 0.518. The Morgan fingerprint density at radius 3 is 2.61 bits per heavy atom. The molecule has 0 amide bonds. The van der Waals surface area contributed by atoms with Gasteiger partial charge in [0.2, 0.25) is 10.0 Å². The van der Waals surface area contributed by atoms with E-state index in [2.05, 4.69) is 0 Å². The molecule has 1 saturated carbocycles.